The fraction of sp³-hybridized carbons (Fsp3) is 0.225. The average Bonchev–Trinajstić information content (AvgIpc) is 3.19. The highest BCUT2D eigenvalue weighted by Crippen LogP contribution is 2.42. The number of methoxy groups -OCH3 is 2. The Hall–Kier alpha value is -6.27. The molecule has 5 aromatic rings. The molecule has 0 radical (unpaired) electrons. The number of carbonyl (C=O) groups excluding carboxylic acids is 2. The van der Waals surface area contributed by atoms with Crippen molar-refractivity contribution in [2.75, 3.05) is 14.2 Å². The van der Waals surface area contributed by atoms with Crippen LogP contribution in [0.4, 0.5) is 4.79 Å². The van der Waals surface area contributed by atoms with Crippen LogP contribution >= 0.6 is 0 Å². The minimum Gasteiger partial charge on any atom is -0.497 e. The minimum atomic E-state index is -1.07. The number of esters is 1. The molecule has 0 spiro atoms. The Balaban J connectivity index is 1.25. The predicted molar refractivity (Wildman–Crippen MR) is 191 cm³/mol. The first-order valence-corrected chi connectivity index (χ1v) is 16.6. The molecule has 12 heteroatoms. The summed E-state index contributed by atoms with van der Waals surface area (Å²) >= 11 is 0. The van der Waals surface area contributed by atoms with Gasteiger partial charge in [-0.15, -0.1) is 0 Å². The zero-order valence-corrected chi connectivity index (χ0v) is 28.9. The molecule has 0 saturated heterocycles. The Morgan fingerprint density at radius 2 is 1.08 bits per heavy atom. The Morgan fingerprint density at radius 3 is 1.58 bits per heavy atom. The topological polar surface area (TPSA) is 158 Å². The van der Waals surface area contributed by atoms with E-state index in [2.05, 4.69) is 15.6 Å². The molecular weight excluding hydrogens is 664 g/mol. The molecule has 0 saturated carbocycles. The highest BCUT2D eigenvalue weighted by molar-refractivity contribution is 5.76. The van der Waals surface area contributed by atoms with Gasteiger partial charge in [0.05, 0.1) is 69.5 Å². The van der Waals surface area contributed by atoms with Crippen molar-refractivity contribution in [2.24, 2.45) is 0 Å². The number of hydrogen-bond acceptors (Lipinski definition) is 9. The smallest absolute Gasteiger partial charge is 0.315 e. The maximum absolute atomic E-state index is 12.7. The van der Waals surface area contributed by atoms with Crippen molar-refractivity contribution in [2.45, 2.75) is 44.7 Å². The third kappa shape index (κ3) is 9.92. The van der Waals surface area contributed by atoms with Crippen LogP contribution in [0.15, 0.2) is 115 Å². The van der Waals surface area contributed by atoms with Crippen LogP contribution in [0, 0.1) is 0 Å². The highest BCUT2D eigenvalue weighted by atomic mass is 16.5. The summed E-state index contributed by atoms with van der Waals surface area (Å²) in [6, 6.07) is 35.9. The summed E-state index contributed by atoms with van der Waals surface area (Å²) in [7, 11) is 3.26. The van der Waals surface area contributed by atoms with Gasteiger partial charge in [-0.1, -0.05) is 66.7 Å². The third-order valence-corrected chi connectivity index (χ3v) is 8.12. The van der Waals surface area contributed by atoms with Crippen LogP contribution in [0.3, 0.4) is 0 Å². The van der Waals surface area contributed by atoms with Gasteiger partial charge in [-0.05, 0) is 65.2 Å². The quantitative estimate of drug-likeness (QED) is 0.0785. The number of aliphatic carboxylic acids is 1. The molecule has 0 aliphatic carbocycles. The standard InChI is InChI=1S/C40H40N4O8/c1-49-35-18-14-29(15-19-35)40(28-8-4-3-5-9-28,30-16-20-36(50-2)21-17-30)52-27-34-13-7-11-32(44-34)25-42-39(48)41-24-31-10-6-12-33(43-31)26-51-38(47)23-22-37(45)46/h3-21H,22-27H2,1-2H3,(H,45,46)(H2,41,42,48). The van der Waals surface area contributed by atoms with E-state index >= 15 is 0 Å². The van der Waals surface area contributed by atoms with Crippen LogP contribution in [0.1, 0.15) is 52.3 Å². The maximum Gasteiger partial charge on any atom is 0.315 e. The van der Waals surface area contributed by atoms with Gasteiger partial charge in [-0.2, -0.15) is 0 Å². The van der Waals surface area contributed by atoms with Crippen molar-refractivity contribution in [1.29, 1.82) is 0 Å². The molecule has 52 heavy (non-hydrogen) atoms. The molecule has 0 aliphatic heterocycles. The van der Waals surface area contributed by atoms with Gasteiger partial charge in [0.15, 0.2) is 0 Å². The second-order valence-electron chi connectivity index (χ2n) is 11.6. The second-order valence-corrected chi connectivity index (χ2v) is 11.6. The molecule has 268 valence electrons. The van der Waals surface area contributed by atoms with Crippen molar-refractivity contribution in [3.8, 4) is 11.5 Å². The molecule has 12 nitrogen and oxygen atoms in total. The van der Waals surface area contributed by atoms with Crippen LogP contribution in [-0.4, -0.2) is 47.3 Å². The van der Waals surface area contributed by atoms with Crippen molar-refractivity contribution >= 4 is 18.0 Å². The molecule has 2 aromatic heterocycles. The SMILES string of the molecule is COc1ccc(C(OCc2cccc(CNC(=O)NCc3cccc(COC(=O)CCC(=O)O)n3)n2)(c2ccccc2)c2ccc(OC)cc2)cc1. The van der Waals surface area contributed by atoms with Crippen molar-refractivity contribution < 1.29 is 38.4 Å². The fourth-order valence-corrected chi connectivity index (χ4v) is 5.51. The number of benzene rings is 3. The molecule has 2 amide bonds. The van der Waals surface area contributed by atoms with E-state index in [0.29, 0.717) is 22.8 Å². The van der Waals surface area contributed by atoms with Crippen LogP contribution in [0.25, 0.3) is 0 Å². The Labute approximate surface area is 301 Å². The number of nitrogens with one attached hydrogen (secondary N) is 2. The van der Waals surface area contributed by atoms with Gasteiger partial charge in [0, 0.05) is 0 Å². The van der Waals surface area contributed by atoms with Crippen LogP contribution < -0.4 is 20.1 Å². The third-order valence-electron chi connectivity index (χ3n) is 8.12. The lowest BCUT2D eigenvalue weighted by atomic mass is 9.80. The second kappa shape index (κ2) is 18.1. The highest BCUT2D eigenvalue weighted by Gasteiger charge is 2.38. The first kappa shape index (κ1) is 37.0. The van der Waals surface area contributed by atoms with E-state index in [-0.39, 0.29) is 39.1 Å². The number of ether oxygens (including phenoxy) is 4. The van der Waals surface area contributed by atoms with Gasteiger partial charge in [-0.3, -0.25) is 19.6 Å². The number of hydrogen-bond donors (Lipinski definition) is 3. The van der Waals surface area contributed by atoms with Crippen LogP contribution in [0.5, 0.6) is 11.5 Å². The summed E-state index contributed by atoms with van der Waals surface area (Å²) < 4.78 is 22.9. The van der Waals surface area contributed by atoms with Gasteiger partial charge in [0.1, 0.15) is 23.7 Å². The summed E-state index contributed by atoms with van der Waals surface area (Å²) in [5.41, 5.74) is 4.06. The van der Waals surface area contributed by atoms with E-state index in [1.807, 2.05) is 97.1 Å². The predicted octanol–water partition coefficient (Wildman–Crippen LogP) is 5.91. The number of carbonyl (C=O) groups is 3. The molecular formula is C40H40N4O8. The number of carboxylic acids is 1. The van der Waals surface area contributed by atoms with Gasteiger partial charge in [-0.25, -0.2) is 4.79 Å². The maximum atomic E-state index is 12.7. The van der Waals surface area contributed by atoms with E-state index in [0.717, 1.165) is 28.2 Å². The molecule has 5 rings (SSSR count). The first-order chi connectivity index (χ1) is 25.3. The number of carboxylic acid groups (broad SMARTS) is 1. The van der Waals surface area contributed by atoms with Crippen molar-refractivity contribution in [3.63, 3.8) is 0 Å². The van der Waals surface area contributed by atoms with Gasteiger partial charge in [0.25, 0.3) is 0 Å². The largest absolute Gasteiger partial charge is 0.497 e. The normalized spacial score (nSPS) is 11.0. The molecule has 0 bridgehead atoms. The van der Waals surface area contributed by atoms with Crippen LogP contribution in [-0.2, 0) is 51.0 Å². The molecule has 2 heterocycles. The van der Waals surface area contributed by atoms with Gasteiger partial charge >= 0.3 is 18.0 Å². The molecule has 0 unspecified atom stereocenters. The zero-order valence-electron chi connectivity index (χ0n) is 28.9. The Morgan fingerprint density at radius 1 is 0.596 bits per heavy atom. The number of aromatic nitrogens is 2. The first-order valence-electron chi connectivity index (χ1n) is 16.6. The molecule has 0 atom stereocenters. The fourth-order valence-electron chi connectivity index (χ4n) is 5.51. The summed E-state index contributed by atoms with van der Waals surface area (Å²) in [4.78, 5) is 44.2. The number of amides is 2. The van der Waals surface area contributed by atoms with Crippen molar-refractivity contribution in [3.05, 3.63) is 155 Å². The molecule has 3 aromatic carbocycles. The number of pyridine rings is 2. The van der Waals surface area contributed by atoms with E-state index in [1.165, 1.54) is 0 Å². The van der Waals surface area contributed by atoms with E-state index < -0.39 is 23.6 Å². The lowest BCUT2D eigenvalue weighted by molar-refractivity contribution is -0.148. The number of rotatable bonds is 17. The monoisotopic (exact) mass is 704 g/mol. The lowest BCUT2D eigenvalue weighted by Crippen LogP contribution is -2.35. The van der Waals surface area contributed by atoms with E-state index in [9.17, 15) is 14.4 Å². The summed E-state index contributed by atoms with van der Waals surface area (Å²) in [5, 5.41) is 14.3. The molecule has 0 aliphatic rings. The molecule has 3 N–H and O–H groups in total. The van der Waals surface area contributed by atoms with Gasteiger partial charge < -0.3 is 34.7 Å². The Bertz CT molecular complexity index is 1890. The molecule has 0 fully saturated rings. The summed E-state index contributed by atoms with van der Waals surface area (Å²) in [6.45, 7) is 0.354. The van der Waals surface area contributed by atoms with Crippen LogP contribution in [0.2, 0.25) is 0 Å². The van der Waals surface area contributed by atoms with Crippen molar-refractivity contribution in [1.82, 2.24) is 20.6 Å². The van der Waals surface area contributed by atoms with Gasteiger partial charge in [0.2, 0.25) is 0 Å². The minimum absolute atomic E-state index is 0.100. The summed E-state index contributed by atoms with van der Waals surface area (Å²) in [6.07, 6.45) is -0.521. The summed E-state index contributed by atoms with van der Waals surface area (Å²) in [5.74, 6) is -0.244. The zero-order chi connectivity index (χ0) is 36.8. The lowest BCUT2D eigenvalue weighted by Gasteiger charge is -2.36. The number of urea groups is 1. The Kier molecular flexibility index (Phi) is 12.9. The van der Waals surface area contributed by atoms with E-state index in [1.54, 1.807) is 32.4 Å². The number of nitrogens with zero attached hydrogens (tertiary/aromatic N) is 2. The average molecular weight is 705 g/mol. The van der Waals surface area contributed by atoms with E-state index in [4.69, 9.17) is 29.0 Å².